The Morgan fingerprint density at radius 3 is 2.80 bits per heavy atom. The van der Waals surface area contributed by atoms with Gasteiger partial charge in [-0.1, -0.05) is 6.92 Å². The summed E-state index contributed by atoms with van der Waals surface area (Å²) in [4.78, 5) is 1.24. The van der Waals surface area contributed by atoms with Crippen molar-refractivity contribution in [1.82, 2.24) is 0 Å². The summed E-state index contributed by atoms with van der Waals surface area (Å²) in [6.07, 6.45) is 0. The monoisotopic (exact) mass is 144 g/mol. The molecule has 0 unspecified atom stereocenters. The molecule has 2 heteroatoms. The Morgan fingerprint density at radius 2 is 2.30 bits per heavy atom. The first-order chi connectivity index (χ1) is 4.43. The van der Waals surface area contributed by atoms with Crippen molar-refractivity contribution in [1.29, 1.82) is 0 Å². The van der Waals surface area contributed by atoms with E-state index in [-0.39, 0.29) is 18.9 Å². The third-order valence-electron chi connectivity index (χ3n) is 0.980. The van der Waals surface area contributed by atoms with Crippen LogP contribution in [-0.4, -0.2) is 5.75 Å². The molecular weight excluding hydrogens is 135 g/mol. The molecule has 0 aliphatic carbocycles. The van der Waals surface area contributed by atoms with Crippen LogP contribution in [0.5, 0.6) is 0 Å². The van der Waals surface area contributed by atoms with E-state index in [9.17, 15) is 0 Å². The SMILES string of the molecule is CCSc1[c-]cccc1.[Li+]. The van der Waals surface area contributed by atoms with Crippen LogP contribution < -0.4 is 18.9 Å². The maximum Gasteiger partial charge on any atom is 1.00 e. The molecule has 0 aliphatic heterocycles. The molecule has 0 N–H and O–H groups in total. The van der Waals surface area contributed by atoms with E-state index in [0.717, 1.165) is 5.75 Å². The summed E-state index contributed by atoms with van der Waals surface area (Å²) in [5.41, 5.74) is 0. The smallest absolute Gasteiger partial charge is 0.176 e. The predicted molar refractivity (Wildman–Crippen MR) is 41.7 cm³/mol. The van der Waals surface area contributed by atoms with Gasteiger partial charge < -0.3 is 0 Å². The van der Waals surface area contributed by atoms with Crippen LogP contribution in [0.4, 0.5) is 0 Å². The molecule has 0 nitrogen and oxygen atoms in total. The second-order valence-corrected chi connectivity index (χ2v) is 2.97. The van der Waals surface area contributed by atoms with Crippen LogP contribution in [-0.2, 0) is 0 Å². The zero-order valence-corrected chi connectivity index (χ0v) is 7.24. The van der Waals surface area contributed by atoms with Gasteiger partial charge in [-0.2, -0.15) is 42.1 Å². The minimum absolute atomic E-state index is 0. The Morgan fingerprint density at radius 1 is 1.50 bits per heavy atom. The summed E-state index contributed by atoms with van der Waals surface area (Å²) in [6, 6.07) is 11.2. The van der Waals surface area contributed by atoms with Crippen LogP contribution in [0.2, 0.25) is 0 Å². The maximum atomic E-state index is 3.13. The predicted octanol–water partition coefficient (Wildman–Crippen LogP) is -0.397. The van der Waals surface area contributed by atoms with Crippen molar-refractivity contribution in [3.05, 3.63) is 30.3 Å². The van der Waals surface area contributed by atoms with Gasteiger partial charge in [-0.15, -0.1) is 4.90 Å². The Bertz CT molecular complexity index is 162. The molecule has 0 heterocycles. The van der Waals surface area contributed by atoms with Crippen molar-refractivity contribution < 1.29 is 18.9 Å². The molecule has 0 radical (unpaired) electrons. The summed E-state index contributed by atoms with van der Waals surface area (Å²) in [5, 5.41) is 0. The summed E-state index contributed by atoms with van der Waals surface area (Å²) in [5.74, 6) is 1.13. The fourth-order valence-electron chi connectivity index (χ4n) is 0.622. The molecule has 1 aromatic rings. The number of thioether (sulfide) groups is 1. The standard InChI is InChI=1S/C8H9S.Li/c1-2-9-8-6-4-3-5-7-8;/h3-6H,2H2,1H3;/q-1;+1. The van der Waals surface area contributed by atoms with Gasteiger partial charge >= 0.3 is 18.9 Å². The fraction of sp³-hybridized carbons (Fsp3) is 0.250. The normalized spacial score (nSPS) is 8.50. The van der Waals surface area contributed by atoms with Gasteiger partial charge in [0.15, 0.2) is 0 Å². The van der Waals surface area contributed by atoms with Gasteiger partial charge in [-0.05, 0) is 5.75 Å². The third-order valence-corrected chi connectivity index (χ3v) is 1.83. The summed E-state index contributed by atoms with van der Waals surface area (Å²) in [6.45, 7) is 2.14. The molecule has 0 saturated carbocycles. The third kappa shape index (κ3) is 3.36. The van der Waals surface area contributed by atoms with Gasteiger partial charge in [0.05, 0.1) is 0 Å². The number of hydrogen-bond donors (Lipinski definition) is 0. The second kappa shape index (κ2) is 5.92. The van der Waals surface area contributed by atoms with E-state index in [1.165, 1.54) is 4.90 Å². The summed E-state index contributed by atoms with van der Waals surface area (Å²) in [7, 11) is 0. The zero-order valence-electron chi connectivity index (χ0n) is 6.42. The Labute approximate surface area is 78.6 Å². The zero-order chi connectivity index (χ0) is 6.53. The van der Waals surface area contributed by atoms with Crippen LogP contribution in [0.15, 0.2) is 29.2 Å². The van der Waals surface area contributed by atoms with Gasteiger partial charge in [0, 0.05) is 0 Å². The van der Waals surface area contributed by atoms with E-state index in [1.54, 1.807) is 0 Å². The van der Waals surface area contributed by atoms with E-state index >= 15 is 0 Å². The molecule has 0 spiro atoms. The molecule has 0 aliphatic rings. The van der Waals surface area contributed by atoms with Crippen molar-refractivity contribution in [3.8, 4) is 0 Å². The largest absolute Gasteiger partial charge is 1.00 e. The number of benzene rings is 1. The summed E-state index contributed by atoms with van der Waals surface area (Å²) < 4.78 is 0. The molecule has 1 rings (SSSR count). The van der Waals surface area contributed by atoms with Crippen LogP contribution >= 0.6 is 11.8 Å². The first kappa shape index (κ1) is 10.2. The van der Waals surface area contributed by atoms with E-state index in [2.05, 4.69) is 19.1 Å². The summed E-state index contributed by atoms with van der Waals surface area (Å²) >= 11 is 1.82. The molecule has 48 valence electrons. The first-order valence-electron chi connectivity index (χ1n) is 3.03. The minimum Gasteiger partial charge on any atom is -0.176 e. The Balaban J connectivity index is 0.000000810. The second-order valence-electron chi connectivity index (χ2n) is 1.66. The maximum absolute atomic E-state index is 3.13. The van der Waals surface area contributed by atoms with Crippen molar-refractivity contribution in [2.75, 3.05) is 5.75 Å². The quantitative estimate of drug-likeness (QED) is 0.309. The Hall–Kier alpha value is 0.167. The fourth-order valence-corrected chi connectivity index (χ4v) is 1.26. The molecule has 10 heavy (non-hydrogen) atoms. The van der Waals surface area contributed by atoms with E-state index < -0.39 is 0 Å². The molecular formula is C8H9LiS. The molecule has 0 amide bonds. The first-order valence-corrected chi connectivity index (χ1v) is 4.01. The van der Waals surface area contributed by atoms with Gasteiger partial charge in [0.25, 0.3) is 0 Å². The van der Waals surface area contributed by atoms with Crippen LogP contribution in [0.25, 0.3) is 0 Å². The minimum atomic E-state index is 0. The van der Waals surface area contributed by atoms with E-state index in [0.29, 0.717) is 0 Å². The van der Waals surface area contributed by atoms with Gasteiger partial charge in [0.2, 0.25) is 0 Å². The van der Waals surface area contributed by atoms with Gasteiger partial charge in [-0.3, -0.25) is 0 Å². The van der Waals surface area contributed by atoms with E-state index in [4.69, 9.17) is 0 Å². The van der Waals surface area contributed by atoms with Gasteiger partial charge in [0.1, 0.15) is 0 Å². The molecule has 0 saturated heterocycles. The van der Waals surface area contributed by atoms with Crippen LogP contribution in [0, 0.1) is 6.07 Å². The molecule has 1 aromatic carbocycles. The van der Waals surface area contributed by atoms with Crippen molar-refractivity contribution >= 4 is 11.8 Å². The van der Waals surface area contributed by atoms with Crippen molar-refractivity contribution in [2.45, 2.75) is 11.8 Å². The van der Waals surface area contributed by atoms with Crippen LogP contribution in [0.1, 0.15) is 6.92 Å². The number of rotatable bonds is 2. The average molecular weight is 144 g/mol. The average Bonchev–Trinajstić information content (AvgIpc) is 1.91. The van der Waals surface area contributed by atoms with Crippen molar-refractivity contribution in [2.24, 2.45) is 0 Å². The molecule has 0 aromatic heterocycles. The van der Waals surface area contributed by atoms with Crippen LogP contribution in [0.3, 0.4) is 0 Å². The van der Waals surface area contributed by atoms with Crippen molar-refractivity contribution in [3.63, 3.8) is 0 Å². The number of hydrogen-bond acceptors (Lipinski definition) is 1. The Kier molecular flexibility index (Phi) is 6.01. The molecule has 0 fully saturated rings. The van der Waals surface area contributed by atoms with E-state index in [1.807, 2.05) is 30.0 Å². The molecule has 0 bridgehead atoms. The van der Waals surface area contributed by atoms with Gasteiger partial charge in [-0.25, -0.2) is 0 Å². The topological polar surface area (TPSA) is 0 Å². The molecule has 0 atom stereocenters.